The van der Waals surface area contributed by atoms with Crippen LogP contribution in [0.15, 0.2) is 12.2 Å². The quantitative estimate of drug-likeness (QED) is 0.189. The maximum atomic E-state index is 11.3. The van der Waals surface area contributed by atoms with Crippen LogP contribution in [0.25, 0.3) is 0 Å². The van der Waals surface area contributed by atoms with Crippen molar-refractivity contribution in [3.63, 3.8) is 0 Å². The molecule has 0 N–H and O–H groups in total. The summed E-state index contributed by atoms with van der Waals surface area (Å²) in [7, 11) is 4.19. The molecule has 124 valence electrons. The van der Waals surface area contributed by atoms with Crippen molar-refractivity contribution in [2.24, 2.45) is 5.92 Å². The number of carbonyl (C=O) groups excluding carboxylic acids is 1. The largest absolute Gasteiger partial charge is 0.462 e. The van der Waals surface area contributed by atoms with Gasteiger partial charge in [0.15, 0.2) is 0 Å². The lowest BCUT2D eigenvalue weighted by Gasteiger charge is -2.39. The molecule has 7 heteroatoms. The van der Waals surface area contributed by atoms with E-state index in [4.69, 9.17) is 23.1 Å². The summed E-state index contributed by atoms with van der Waals surface area (Å²) in [6.07, 6.45) is 1.45. The summed E-state index contributed by atoms with van der Waals surface area (Å²) < 4.78 is 27.1. The first-order chi connectivity index (χ1) is 9.89. The van der Waals surface area contributed by atoms with Gasteiger partial charge in [0.25, 0.3) is 0 Å². The van der Waals surface area contributed by atoms with Gasteiger partial charge in [-0.3, -0.25) is 0 Å². The van der Waals surface area contributed by atoms with Gasteiger partial charge in [0.1, 0.15) is 0 Å². The molecular formula is C14H28O6Si. The van der Waals surface area contributed by atoms with Crippen molar-refractivity contribution in [2.45, 2.75) is 32.1 Å². The second kappa shape index (κ2) is 10.1. The van der Waals surface area contributed by atoms with Crippen molar-refractivity contribution in [2.75, 3.05) is 35.0 Å². The zero-order valence-corrected chi connectivity index (χ0v) is 15.1. The Balaban J connectivity index is 4.53. The van der Waals surface area contributed by atoms with Crippen molar-refractivity contribution in [3.8, 4) is 0 Å². The summed E-state index contributed by atoms with van der Waals surface area (Å²) >= 11 is 0. The number of hydrogen-bond acceptors (Lipinski definition) is 6. The fourth-order valence-corrected chi connectivity index (χ4v) is 4.08. The molecular weight excluding hydrogens is 292 g/mol. The molecule has 0 aliphatic carbocycles. The lowest BCUT2D eigenvalue weighted by atomic mass is 10.0. The van der Waals surface area contributed by atoms with E-state index in [-0.39, 0.29) is 11.9 Å². The van der Waals surface area contributed by atoms with Crippen LogP contribution in [0.2, 0.25) is 0 Å². The summed E-state index contributed by atoms with van der Waals surface area (Å²) in [4.78, 5) is 11.3. The van der Waals surface area contributed by atoms with Crippen molar-refractivity contribution in [3.05, 3.63) is 12.2 Å². The highest BCUT2D eigenvalue weighted by atomic mass is 28.3. The summed E-state index contributed by atoms with van der Waals surface area (Å²) in [5.41, 5.74) is -0.473. The third-order valence-electron chi connectivity index (χ3n) is 3.44. The van der Waals surface area contributed by atoms with Crippen LogP contribution in [-0.2, 0) is 27.9 Å². The average molecular weight is 320 g/mol. The summed E-state index contributed by atoms with van der Waals surface area (Å²) in [6.45, 7) is 7.51. The van der Waals surface area contributed by atoms with Gasteiger partial charge < -0.3 is 23.1 Å². The zero-order valence-electron chi connectivity index (χ0n) is 13.9. The van der Waals surface area contributed by atoms with E-state index < -0.39 is 14.7 Å². The summed E-state index contributed by atoms with van der Waals surface area (Å²) in [5, 5.41) is 0. The van der Waals surface area contributed by atoms with Gasteiger partial charge in [-0.2, -0.15) is 0 Å². The molecule has 0 saturated carbocycles. The predicted molar refractivity (Wildman–Crippen MR) is 82.1 cm³/mol. The number of esters is 1. The molecule has 0 heterocycles. The van der Waals surface area contributed by atoms with Gasteiger partial charge in [0.05, 0.1) is 6.61 Å². The van der Waals surface area contributed by atoms with Crippen LogP contribution in [0.3, 0.4) is 0 Å². The molecule has 0 amide bonds. The number of hydrogen-bond donors (Lipinski definition) is 0. The van der Waals surface area contributed by atoms with Crippen LogP contribution >= 0.6 is 0 Å². The molecule has 1 atom stereocenters. The van der Waals surface area contributed by atoms with E-state index in [1.54, 1.807) is 35.4 Å². The fraction of sp³-hybridized carbons (Fsp3) is 0.786. The Labute approximate surface area is 129 Å². The molecule has 0 saturated heterocycles. The topological polar surface area (TPSA) is 63.2 Å². The van der Waals surface area contributed by atoms with E-state index in [2.05, 4.69) is 6.58 Å². The Bertz CT molecular complexity index is 325. The molecule has 0 aromatic heterocycles. The van der Waals surface area contributed by atoms with Crippen LogP contribution in [-0.4, -0.2) is 55.7 Å². The molecule has 0 rings (SSSR count). The lowest BCUT2D eigenvalue weighted by Crippen LogP contribution is -2.56. The first-order valence-electron chi connectivity index (χ1n) is 6.88. The minimum atomic E-state index is -2.15. The van der Waals surface area contributed by atoms with Crippen molar-refractivity contribution >= 4 is 15.3 Å². The van der Waals surface area contributed by atoms with Crippen LogP contribution in [0, 0.1) is 5.92 Å². The Kier molecular flexibility index (Phi) is 9.72. The molecule has 21 heavy (non-hydrogen) atoms. The van der Waals surface area contributed by atoms with Crippen LogP contribution in [0.5, 0.6) is 0 Å². The summed E-state index contributed by atoms with van der Waals surface area (Å²) in [6, 6.07) is 0. The summed E-state index contributed by atoms with van der Waals surface area (Å²) in [5.74, 6) is -0.332. The lowest BCUT2D eigenvalue weighted by molar-refractivity contribution is -0.197. The third kappa shape index (κ3) is 5.52. The first kappa shape index (κ1) is 20.3. The maximum Gasteiger partial charge on any atom is 0.383 e. The van der Waals surface area contributed by atoms with Gasteiger partial charge in [-0.05, 0) is 19.8 Å². The Morgan fingerprint density at radius 1 is 1.19 bits per heavy atom. The highest BCUT2D eigenvalue weighted by Gasteiger charge is 2.47. The molecule has 0 aliphatic rings. The molecule has 0 aromatic carbocycles. The standard InChI is InChI=1S/C14H28O6Si/c1-11(2)13(15)20-10-8-9-12(3)14(16-4,17-5)21(18-6)19-7/h12,21H,1,8-10H2,2-7H3. The van der Waals surface area contributed by atoms with Crippen LogP contribution in [0.4, 0.5) is 0 Å². The Morgan fingerprint density at radius 2 is 1.71 bits per heavy atom. The van der Waals surface area contributed by atoms with Crippen LogP contribution in [0.1, 0.15) is 26.7 Å². The fourth-order valence-electron chi connectivity index (χ4n) is 2.21. The van der Waals surface area contributed by atoms with Crippen molar-refractivity contribution in [1.29, 1.82) is 0 Å². The molecule has 0 fully saturated rings. The van der Waals surface area contributed by atoms with E-state index in [1.165, 1.54) is 0 Å². The van der Waals surface area contributed by atoms with E-state index in [1.807, 2.05) is 6.92 Å². The number of rotatable bonds is 11. The van der Waals surface area contributed by atoms with E-state index in [0.29, 0.717) is 18.6 Å². The molecule has 0 aliphatic heterocycles. The predicted octanol–water partition coefficient (Wildman–Crippen LogP) is 1.56. The van der Waals surface area contributed by atoms with Gasteiger partial charge >= 0.3 is 15.3 Å². The monoisotopic (exact) mass is 320 g/mol. The SMILES string of the molecule is C=C(C)C(=O)OCCCC(C)C(OC)(OC)[SiH](OC)OC. The van der Waals surface area contributed by atoms with Gasteiger partial charge in [0.2, 0.25) is 5.41 Å². The minimum Gasteiger partial charge on any atom is -0.462 e. The van der Waals surface area contributed by atoms with Crippen molar-refractivity contribution in [1.82, 2.24) is 0 Å². The van der Waals surface area contributed by atoms with E-state index in [9.17, 15) is 4.79 Å². The molecule has 0 spiro atoms. The molecule has 0 bridgehead atoms. The van der Waals surface area contributed by atoms with Gasteiger partial charge in [-0.25, -0.2) is 4.79 Å². The van der Waals surface area contributed by atoms with Crippen LogP contribution < -0.4 is 0 Å². The van der Waals surface area contributed by atoms with Gasteiger partial charge in [-0.15, -0.1) is 0 Å². The molecule has 0 aromatic rings. The van der Waals surface area contributed by atoms with Crippen molar-refractivity contribution < 1.29 is 27.9 Å². The minimum absolute atomic E-state index is 0.0348. The number of ether oxygens (including phenoxy) is 3. The zero-order chi connectivity index (χ0) is 16.5. The number of carbonyl (C=O) groups is 1. The maximum absolute atomic E-state index is 11.3. The van der Waals surface area contributed by atoms with Gasteiger partial charge in [0, 0.05) is 39.9 Å². The van der Waals surface area contributed by atoms with E-state index in [0.717, 1.165) is 6.42 Å². The van der Waals surface area contributed by atoms with E-state index >= 15 is 0 Å². The highest BCUT2D eigenvalue weighted by molar-refractivity contribution is 6.47. The molecule has 6 nitrogen and oxygen atoms in total. The smallest absolute Gasteiger partial charge is 0.383 e. The molecule has 1 unspecified atom stereocenters. The Hall–Kier alpha value is -0.733. The second-order valence-corrected chi connectivity index (χ2v) is 7.30. The molecule has 0 radical (unpaired) electrons. The third-order valence-corrected chi connectivity index (χ3v) is 6.00. The first-order valence-corrected chi connectivity index (χ1v) is 8.40. The number of methoxy groups -OCH3 is 2. The normalized spacial score (nSPS) is 13.3. The van der Waals surface area contributed by atoms with Gasteiger partial charge in [-0.1, -0.05) is 13.5 Å². The second-order valence-electron chi connectivity index (χ2n) is 4.89. The average Bonchev–Trinajstić information content (AvgIpc) is 2.48. The Morgan fingerprint density at radius 3 is 2.10 bits per heavy atom. The highest BCUT2D eigenvalue weighted by Crippen LogP contribution is 2.30.